The predicted molar refractivity (Wildman–Crippen MR) is 89.6 cm³/mol. The van der Waals surface area contributed by atoms with Gasteiger partial charge in [0.25, 0.3) is 0 Å². The molecule has 0 saturated heterocycles. The summed E-state index contributed by atoms with van der Waals surface area (Å²) in [6.45, 7) is 11.6. The highest BCUT2D eigenvalue weighted by Gasteiger charge is 2.69. The average Bonchev–Trinajstić information content (AvgIpc) is 2.79. The average molecular weight is 350 g/mol. The summed E-state index contributed by atoms with van der Waals surface area (Å²) in [6.07, 6.45) is -1.33. The van der Waals surface area contributed by atoms with E-state index in [2.05, 4.69) is 0 Å². The summed E-state index contributed by atoms with van der Waals surface area (Å²) >= 11 is 0. The number of hydrogen-bond donors (Lipinski definition) is 0. The first kappa shape index (κ1) is 21.3. The van der Waals surface area contributed by atoms with E-state index in [-0.39, 0.29) is 6.42 Å². The number of carbonyl (C=O) groups excluding carboxylic acids is 1. The van der Waals surface area contributed by atoms with Gasteiger partial charge in [-0.1, -0.05) is 48.0 Å². The number of carbonyl (C=O) groups is 1. The predicted octanol–water partition coefficient (Wildman–Crippen LogP) is 6.28. The van der Waals surface area contributed by atoms with Crippen molar-refractivity contribution in [3.63, 3.8) is 0 Å². The number of rotatable bonds is 5. The van der Waals surface area contributed by atoms with E-state index in [0.717, 1.165) is 12.8 Å². The van der Waals surface area contributed by atoms with Crippen LogP contribution in [-0.2, 0) is 9.53 Å². The molecule has 0 amide bonds. The molecule has 1 aliphatic carbocycles. The third kappa shape index (κ3) is 4.08. The summed E-state index contributed by atoms with van der Waals surface area (Å²) in [6, 6.07) is 0. The van der Waals surface area contributed by atoms with Gasteiger partial charge in [0.2, 0.25) is 0 Å². The van der Waals surface area contributed by atoms with E-state index in [9.17, 15) is 18.0 Å². The van der Waals surface area contributed by atoms with Crippen molar-refractivity contribution >= 4 is 5.97 Å². The molecule has 1 saturated carbocycles. The quantitative estimate of drug-likeness (QED) is 0.545. The molecule has 0 aliphatic heterocycles. The maximum atomic E-state index is 14.3. The van der Waals surface area contributed by atoms with Gasteiger partial charge in [0, 0.05) is 0 Å². The van der Waals surface area contributed by atoms with Crippen molar-refractivity contribution in [3.05, 3.63) is 0 Å². The lowest BCUT2D eigenvalue weighted by Crippen LogP contribution is -2.57. The second kappa shape index (κ2) is 6.53. The first-order valence-electron chi connectivity index (χ1n) is 8.90. The SMILES string of the molecule is CCC(C)(C)CC(C(=O)OC1(C)CCCC1)(C(C)(C)C)C(F)(F)F. The molecule has 24 heavy (non-hydrogen) atoms. The van der Waals surface area contributed by atoms with Gasteiger partial charge >= 0.3 is 12.1 Å². The van der Waals surface area contributed by atoms with Gasteiger partial charge in [-0.05, 0) is 49.9 Å². The highest BCUT2D eigenvalue weighted by molar-refractivity contribution is 5.79. The summed E-state index contributed by atoms with van der Waals surface area (Å²) in [5, 5.41) is 0. The van der Waals surface area contributed by atoms with Crippen molar-refractivity contribution in [2.75, 3.05) is 0 Å². The van der Waals surface area contributed by atoms with Crippen LogP contribution in [0.4, 0.5) is 13.2 Å². The van der Waals surface area contributed by atoms with Crippen molar-refractivity contribution in [3.8, 4) is 0 Å². The second-order valence-electron chi connectivity index (χ2n) is 9.39. The Morgan fingerprint density at radius 1 is 1.04 bits per heavy atom. The third-order valence-electron chi connectivity index (χ3n) is 5.81. The van der Waals surface area contributed by atoms with Crippen LogP contribution in [0.25, 0.3) is 0 Å². The van der Waals surface area contributed by atoms with Gasteiger partial charge in [-0.25, -0.2) is 0 Å². The van der Waals surface area contributed by atoms with Crippen LogP contribution in [0.1, 0.15) is 87.0 Å². The Morgan fingerprint density at radius 3 is 1.83 bits per heavy atom. The third-order valence-corrected chi connectivity index (χ3v) is 5.81. The van der Waals surface area contributed by atoms with Gasteiger partial charge in [0.15, 0.2) is 5.41 Å². The normalized spacial score (nSPS) is 21.4. The van der Waals surface area contributed by atoms with E-state index in [0.29, 0.717) is 19.3 Å². The monoisotopic (exact) mass is 350 g/mol. The Labute approximate surface area is 144 Å². The smallest absolute Gasteiger partial charge is 0.405 e. The van der Waals surface area contributed by atoms with Crippen LogP contribution in [0.2, 0.25) is 0 Å². The van der Waals surface area contributed by atoms with Gasteiger partial charge in [0.1, 0.15) is 5.60 Å². The molecule has 1 unspecified atom stereocenters. The van der Waals surface area contributed by atoms with E-state index in [4.69, 9.17) is 4.74 Å². The fourth-order valence-corrected chi connectivity index (χ4v) is 3.66. The van der Waals surface area contributed by atoms with Crippen molar-refractivity contribution in [2.45, 2.75) is 98.8 Å². The Morgan fingerprint density at radius 2 is 1.50 bits per heavy atom. The Balaban J connectivity index is 3.37. The molecule has 142 valence electrons. The van der Waals surface area contributed by atoms with Crippen LogP contribution in [0.3, 0.4) is 0 Å². The van der Waals surface area contributed by atoms with Gasteiger partial charge in [0.05, 0.1) is 0 Å². The lowest BCUT2D eigenvalue weighted by atomic mass is 9.58. The highest BCUT2D eigenvalue weighted by atomic mass is 19.4. The zero-order chi connectivity index (χ0) is 19.0. The molecule has 5 heteroatoms. The van der Waals surface area contributed by atoms with Crippen LogP contribution in [-0.4, -0.2) is 17.7 Å². The second-order valence-corrected chi connectivity index (χ2v) is 9.39. The number of hydrogen-bond acceptors (Lipinski definition) is 2. The van der Waals surface area contributed by atoms with E-state index in [1.54, 1.807) is 20.8 Å². The molecular formula is C19H33F3O2. The summed E-state index contributed by atoms with van der Waals surface area (Å²) < 4.78 is 48.4. The maximum Gasteiger partial charge on any atom is 0.405 e. The minimum absolute atomic E-state index is 0.265. The number of ether oxygens (including phenoxy) is 1. The summed E-state index contributed by atoms with van der Waals surface area (Å²) in [5.74, 6) is -1.10. The maximum absolute atomic E-state index is 14.3. The van der Waals surface area contributed by atoms with E-state index in [1.807, 2.05) is 6.92 Å². The lowest BCUT2D eigenvalue weighted by Gasteiger charge is -2.48. The topological polar surface area (TPSA) is 26.3 Å². The summed E-state index contributed by atoms with van der Waals surface area (Å²) in [7, 11) is 0. The van der Waals surface area contributed by atoms with Crippen molar-refractivity contribution in [1.29, 1.82) is 0 Å². The molecule has 1 fully saturated rings. The molecule has 0 bridgehead atoms. The minimum Gasteiger partial charge on any atom is -0.459 e. The first-order valence-corrected chi connectivity index (χ1v) is 8.90. The Kier molecular flexibility index (Phi) is 5.79. The first-order chi connectivity index (χ1) is 10.6. The van der Waals surface area contributed by atoms with Crippen molar-refractivity contribution in [1.82, 2.24) is 0 Å². The zero-order valence-electron chi connectivity index (χ0n) is 16.2. The van der Waals surface area contributed by atoms with Crippen LogP contribution in [0.15, 0.2) is 0 Å². The molecular weight excluding hydrogens is 317 g/mol. The summed E-state index contributed by atoms with van der Waals surface area (Å²) in [4.78, 5) is 13.0. The molecule has 1 aliphatic rings. The van der Waals surface area contributed by atoms with E-state index in [1.165, 1.54) is 20.8 Å². The molecule has 1 atom stereocenters. The van der Waals surface area contributed by atoms with Crippen LogP contribution in [0.5, 0.6) is 0 Å². The van der Waals surface area contributed by atoms with Gasteiger partial charge in [-0.15, -0.1) is 0 Å². The van der Waals surface area contributed by atoms with Gasteiger partial charge in [-0.2, -0.15) is 13.2 Å². The van der Waals surface area contributed by atoms with Crippen molar-refractivity contribution < 1.29 is 22.7 Å². The van der Waals surface area contributed by atoms with Crippen LogP contribution >= 0.6 is 0 Å². The molecule has 0 aromatic heterocycles. The number of alkyl halides is 3. The molecule has 1 rings (SSSR count). The summed E-state index contributed by atoms with van der Waals surface area (Å²) in [5.41, 5.74) is -5.18. The zero-order valence-corrected chi connectivity index (χ0v) is 16.2. The Bertz CT molecular complexity index is 438. The molecule has 0 N–H and O–H groups in total. The molecule has 0 radical (unpaired) electrons. The Hall–Kier alpha value is -0.740. The van der Waals surface area contributed by atoms with Crippen LogP contribution in [0, 0.1) is 16.2 Å². The van der Waals surface area contributed by atoms with E-state index < -0.39 is 34.0 Å². The molecule has 0 spiro atoms. The largest absolute Gasteiger partial charge is 0.459 e. The van der Waals surface area contributed by atoms with Gasteiger partial charge in [-0.3, -0.25) is 4.79 Å². The fraction of sp³-hybridized carbons (Fsp3) is 0.947. The van der Waals surface area contributed by atoms with Gasteiger partial charge < -0.3 is 4.74 Å². The molecule has 0 heterocycles. The molecule has 0 aromatic carbocycles. The highest BCUT2D eigenvalue weighted by Crippen LogP contribution is 2.58. The number of halogens is 3. The van der Waals surface area contributed by atoms with E-state index >= 15 is 0 Å². The molecule has 0 aromatic rings. The minimum atomic E-state index is -4.66. The lowest BCUT2D eigenvalue weighted by molar-refractivity contribution is -0.274. The fourth-order valence-electron chi connectivity index (χ4n) is 3.66. The standard InChI is InChI=1S/C19H33F3O2/c1-8-16(5,6)13-18(15(2,3)4,19(20,21)22)14(23)24-17(7)11-9-10-12-17/h8-13H2,1-7H3. The molecule has 2 nitrogen and oxygen atoms in total. The van der Waals surface area contributed by atoms with Crippen LogP contribution < -0.4 is 0 Å². The number of esters is 1. The van der Waals surface area contributed by atoms with Crippen molar-refractivity contribution in [2.24, 2.45) is 16.2 Å².